The monoisotopic (exact) mass is 330 g/mol. The lowest BCUT2D eigenvalue weighted by molar-refractivity contribution is -0.131. The largest absolute Gasteiger partial charge is 0.343 e. The van der Waals surface area contributed by atoms with Crippen LogP contribution >= 0.6 is 0 Å². The molecular weight excluding hydrogens is 300 g/mol. The van der Waals surface area contributed by atoms with Gasteiger partial charge in [-0.05, 0) is 25.7 Å². The molecular formula is C16H30N2O3S. The number of hydrogen-bond donors (Lipinski definition) is 0. The van der Waals surface area contributed by atoms with Crippen LogP contribution in [0.2, 0.25) is 0 Å². The summed E-state index contributed by atoms with van der Waals surface area (Å²) >= 11 is 0. The Morgan fingerprint density at radius 2 is 1.55 bits per heavy atom. The molecule has 0 spiro atoms. The predicted octanol–water partition coefficient (Wildman–Crippen LogP) is 2.37. The summed E-state index contributed by atoms with van der Waals surface area (Å²) < 4.78 is 25.7. The topological polar surface area (TPSA) is 57.7 Å². The van der Waals surface area contributed by atoms with Gasteiger partial charge < -0.3 is 4.90 Å². The summed E-state index contributed by atoms with van der Waals surface area (Å²) in [7, 11) is -3.24. The smallest absolute Gasteiger partial charge is 0.223 e. The Kier molecular flexibility index (Phi) is 6.68. The van der Waals surface area contributed by atoms with Gasteiger partial charge in [0.25, 0.3) is 0 Å². The van der Waals surface area contributed by atoms with Gasteiger partial charge in [-0.15, -0.1) is 0 Å². The second kappa shape index (κ2) is 8.29. The average molecular weight is 330 g/mol. The lowest BCUT2D eigenvalue weighted by Gasteiger charge is -2.32. The maximum Gasteiger partial charge on any atom is 0.223 e. The van der Waals surface area contributed by atoms with Gasteiger partial charge in [0.2, 0.25) is 15.9 Å². The van der Waals surface area contributed by atoms with Gasteiger partial charge >= 0.3 is 0 Å². The quantitative estimate of drug-likeness (QED) is 0.777. The second-order valence-electron chi connectivity index (χ2n) is 6.71. The third kappa shape index (κ3) is 5.23. The van der Waals surface area contributed by atoms with Crippen molar-refractivity contribution in [2.24, 2.45) is 0 Å². The zero-order valence-electron chi connectivity index (χ0n) is 13.8. The number of nitrogens with zero attached hydrogens (tertiary/aromatic N) is 2. The number of likely N-dealkylation sites (tertiary alicyclic amines) is 1. The Morgan fingerprint density at radius 3 is 2.09 bits per heavy atom. The molecule has 1 amide bonds. The minimum atomic E-state index is -3.24. The van der Waals surface area contributed by atoms with Crippen molar-refractivity contribution in [3.8, 4) is 0 Å². The summed E-state index contributed by atoms with van der Waals surface area (Å²) in [6.07, 6.45) is 11.4. The van der Waals surface area contributed by atoms with E-state index in [0.717, 1.165) is 51.6 Å². The Hall–Kier alpha value is -0.620. The molecule has 1 aliphatic carbocycles. The molecule has 0 radical (unpaired) electrons. The SMILES string of the molecule is CS(=O)(=O)N(CCC(=O)N1CCCCCC1)C1CCCCC1. The van der Waals surface area contributed by atoms with Crippen molar-refractivity contribution in [1.82, 2.24) is 9.21 Å². The first-order valence-electron chi connectivity index (χ1n) is 8.73. The molecule has 0 bridgehead atoms. The van der Waals surface area contributed by atoms with E-state index in [1.807, 2.05) is 4.90 Å². The highest BCUT2D eigenvalue weighted by Gasteiger charge is 2.29. The highest BCUT2D eigenvalue weighted by atomic mass is 32.2. The summed E-state index contributed by atoms with van der Waals surface area (Å²) in [6.45, 7) is 2.01. The van der Waals surface area contributed by atoms with E-state index in [1.165, 1.54) is 25.5 Å². The first-order valence-corrected chi connectivity index (χ1v) is 10.6. The Balaban J connectivity index is 1.91. The molecule has 0 aromatic heterocycles. The molecule has 2 fully saturated rings. The van der Waals surface area contributed by atoms with Gasteiger partial charge in [-0.3, -0.25) is 4.79 Å². The van der Waals surface area contributed by atoms with Crippen LogP contribution in [0.25, 0.3) is 0 Å². The molecule has 1 aliphatic heterocycles. The van der Waals surface area contributed by atoms with Gasteiger partial charge in [-0.25, -0.2) is 8.42 Å². The summed E-state index contributed by atoms with van der Waals surface area (Å²) in [6, 6.07) is 0.0979. The molecule has 0 aromatic carbocycles. The van der Waals surface area contributed by atoms with Gasteiger partial charge in [-0.2, -0.15) is 4.31 Å². The van der Waals surface area contributed by atoms with Crippen LogP contribution in [-0.4, -0.2) is 55.5 Å². The molecule has 0 atom stereocenters. The molecule has 1 saturated carbocycles. The van der Waals surface area contributed by atoms with Crippen LogP contribution in [0.5, 0.6) is 0 Å². The summed E-state index contributed by atoms with van der Waals surface area (Å²) in [4.78, 5) is 14.3. The maximum absolute atomic E-state index is 12.4. The van der Waals surface area contributed by atoms with Crippen molar-refractivity contribution >= 4 is 15.9 Å². The van der Waals surface area contributed by atoms with Crippen molar-refractivity contribution in [2.45, 2.75) is 70.3 Å². The zero-order valence-corrected chi connectivity index (χ0v) is 14.6. The molecule has 1 saturated heterocycles. The highest BCUT2D eigenvalue weighted by molar-refractivity contribution is 7.88. The van der Waals surface area contributed by atoms with E-state index in [1.54, 1.807) is 4.31 Å². The third-order valence-corrected chi connectivity index (χ3v) is 6.25. The summed E-state index contributed by atoms with van der Waals surface area (Å²) in [5, 5.41) is 0. The number of rotatable bonds is 5. The second-order valence-corrected chi connectivity index (χ2v) is 8.65. The molecule has 2 aliphatic rings. The van der Waals surface area contributed by atoms with Crippen LogP contribution in [0.1, 0.15) is 64.2 Å². The first-order chi connectivity index (χ1) is 10.5. The maximum atomic E-state index is 12.4. The van der Waals surface area contributed by atoms with E-state index in [-0.39, 0.29) is 11.9 Å². The van der Waals surface area contributed by atoms with E-state index >= 15 is 0 Å². The van der Waals surface area contributed by atoms with Gasteiger partial charge in [0.15, 0.2) is 0 Å². The van der Waals surface area contributed by atoms with Crippen LogP contribution in [0.4, 0.5) is 0 Å². The molecule has 128 valence electrons. The first kappa shape index (κ1) is 17.7. The fourth-order valence-corrected chi connectivity index (χ4v) is 4.85. The number of amides is 1. The average Bonchev–Trinajstić information content (AvgIpc) is 2.76. The van der Waals surface area contributed by atoms with Crippen LogP contribution in [0, 0.1) is 0 Å². The van der Waals surface area contributed by atoms with Crippen molar-refractivity contribution in [2.75, 3.05) is 25.9 Å². The number of sulfonamides is 1. The minimum Gasteiger partial charge on any atom is -0.343 e. The molecule has 0 aromatic rings. The van der Waals surface area contributed by atoms with Crippen LogP contribution in [-0.2, 0) is 14.8 Å². The van der Waals surface area contributed by atoms with Crippen molar-refractivity contribution in [3.05, 3.63) is 0 Å². The van der Waals surface area contributed by atoms with Crippen LogP contribution in [0.3, 0.4) is 0 Å². The van der Waals surface area contributed by atoms with Gasteiger partial charge in [-0.1, -0.05) is 32.1 Å². The van der Waals surface area contributed by atoms with E-state index in [4.69, 9.17) is 0 Å². The lowest BCUT2D eigenvalue weighted by Crippen LogP contribution is -2.43. The standard InChI is InChI=1S/C16H30N2O3S/c1-22(20,21)18(15-9-5-4-6-10-15)14-11-16(19)17-12-7-2-3-8-13-17/h15H,2-14H2,1H3. The summed E-state index contributed by atoms with van der Waals surface area (Å²) in [5.74, 6) is 0.117. The fraction of sp³-hybridized carbons (Fsp3) is 0.938. The third-order valence-electron chi connectivity index (χ3n) is 4.91. The minimum absolute atomic E-state index is 0.0979. The normalized spacial score (nSPS) is 21.8. The van der Waals surface area contributed by atoms with Crippen molar-refractivity contribution < 1.29 is 13.2 Å². The molecule has 6 heteroatoms. The Bertz CT molecular complexity index is 450. The molecule has 0 unspecified atom stereocenters. The van der Waals surface area contributed by atoms with E-state index in [2.05, 4.69) is 0 Å². The Morgan fingerprint density at radius 1 is 1.00 bits per heavy atom. The highest BCUT2D eigenvalue weighted by Crippen LogP contribution is 2.24. The number of carbonyl (C=O) groups is 1. The molecule has 1 heterocycles. The van der Waals surface area contributed by atoms with E-state index < -0.39 is 10.0 Å². The lowest BCUT2D eigenvalue weighted by atomic mass is 9.95. The van der Waals surface area contributed by atoms with E-state index in [9.17, 15) is 13.2 Å². The van der Waals surface area contributed by atoms with Crippen LogP contribution < -0.4 is 0 Å². The fourth-order valence-electron chi connectivity index (χ4n) is 3.67. The number of carbonyl (C=O) groups excluding carboxylic acids is 1. The van der Waals surface area contributed by atoms with Crippen molar-refractivity contribution in [1.29, 1.82) is 0 Å². The predicted molar refractivity (Wildman–Crippen MR) is 88.1 cm³/mol. The van der Waals surface area contributed by atoms with E-state index in [0.29, 0.717) is 13.0 Å². The molecule has 22 heavy (non-hydrogen) atoms. The molecule has 2 rings (SSSR count). The van der Waals surface area contributed by atoms with Crippen molar-refractivity contribution in [3.63, 3.8) is 0 Å². The van der Waals surface area contributed by atoms with Crippen LogP contribution in [0.15, 0.2) is 0 Å². The summed E-state index contributed by atoms with van der Waals surface area (Å²) in [5.41, 5.74) is 0. The number of hydrogen-bond acceptors (Lipinski definition) is 3. The van der Waals surface area contributed by atoms with Gasteiger partial charge in [0.1, 0.15) is 0 Å². The molecule has 5 nitrogen and oxygen atoms in total. The Labute approximate surface area is 135 Å². The van der Waals surface area contributed by atoms with Gasteiger partial charge in [0, 0.05) is 32.1 Å². The zero-order chi connectivity index (χ0) is 16.0. The van der Waals surface area contributed by atoms with Gasteiger partial charge in [0.05, 0.1) is 6.26 Å². The molecule has 0 N–H and O–H groups in total.